The van der Waals surface area contributed by atoms with E-state index < -0.39 is 31.0 Å². The summed E-state index contributed by atoms with van der Waals surface area (Å²) < 4.78 is 39.0. The summed E-state index contributed by atoms with van der Waals surface area (Å²) in [6.45, 7) is 0. The Morgan fingerprint density at radius 3 is 0.348 bits per heavy atom. The first-order valence-electron chi connectivity index (χ1n) is 20.1. The second-order valence-electron chi connectivity index (χ2n) is 13.5. The van der Waals surface area contributed by atoms with Crippen LogP contribution in [0.5, 0.6) is 0 Å². The number of hydrogen-bond donors (Lipinski definition) is 0. The predicted molar refractivity (Wildman–Crippen MR) is 266 cm³/mol. The number of benzene rings is 9. The summed E-state index contributed by atoms with van der Waals surface area (Å²) in [5, 5.41) is 12.6. The van der Waals surface area contributed by atoms with Crippen LogP contribution in [0.1, 0.15) is 0 Å². The summed E-state index contributed by atoms with van der Waals surface area (Å²) in [6, 6.07) is 97.0. The van der Waals surface area contributed by atoms with Gasteiger partial charge in [-0.15, -0.1) is 0 Å². The third kappa shape index (κ3) is 19.5. The van der Waals surface area contributed by atoms with Gasteiger partial charge in [-0.3, -0.25) is 0 Å². The molecule has 1 nitrogen and oxygen atoms in total. The molecule has 0 heterocycles. The van der Waals surface area contributed by atoms with Gasteiger partial charge in [0.25, 0.3) is 0 Å². The molecule has 0 unspecified atom stereocenters. The Kier molecular flexibility index (Phi) is 28.4. The van der Waals surface area contributed by atoms with Crippen molar-refractivity contribution >= 4 is 78.8 Å². The minimum absolute atomic E-state index is 0. The molecule has 0 aliphatic heterocycles. The molecule has 0 bridgehead atoms. The van der Waals surface area contributed by atoms with Gasteiger partial charge < -0.3 is 17.3 Å². The molecule has 9 aromatic rings. The summed E-state index contributed by atoms with van der Waals surface area (Å²) in [6.07, 6.45) is 0. The second kappa shape index (κ2) is 32.1. The summed E-state index contributed by atoms with van der Waals surface area (Å²) in [5.74, 6) is 0. The van der Waals surface area contributed by atoms with Crippen LogP contribution in [-0.2, 0) is 72.6 Å². The summed E-state index contributed by atoms with van der Waals surface area (Å²) in [4.78, 5) is 0. The largest absolute Gasteiger partial charge is 1.00 e. The van der Waals surface area contributed by atoms with Crippen molar-refractivity contribution in [3.63, 3.8) is 0 Å². The van der Waals surface area contributed by atoms with Crippen molar-refractivity contribution in [1.29, 1.82) is 0 Å². The normalized spacial score (nSPS) is 10.0. The van der Waals surface area contributed by atoms with Crippen molar-refractivity contribution < 1.29 is 89.9 Å². The Hall–Kier alpha value is -3.76. The first kappa shape index (κ1) is 58.4. The molecule has 12 heteroatoms. The van der Waals surface area contributed by atoms with Crippen molar-refractivity contribution in [3.8, 4) is 0 Å². The van der Waals surface area contributed by atoms with Crippen molar-refractivity contribution in [2.45, 2.75) is 0 Å². The third-order valence-electron chi connectivity index (χ3n) is 9.13. The average molecular weight is 1480 g/mol. The molecular formula is C54H45Au3BF4OP3. The van der Waals surface area contributed by atoms with Gasteiger partial charge in [0.2, 0.25) is 0 Å². The zero-order chi connectivity index (χ0) is 43.2. The maximum Gasteiger partial charge on any atom is 1.00 e. The first-order chi connectivity index (χ1) is 30.3. The number of hydrogen-bond acceptors (Lipinski definition) is 0. The van der Waals surface area contributed by atoms with Gasteiger partial charge in [0, 0.05) is 67.1 Å². The molecule has 9 rings (SSSR count). The molecule has 0 saturated heterocycles. The van der Waals surface area contributed by atoms with Gasteiger partial charge >= 0.3 is 12.7 Å². The summed E-state index contributed by atoms with van der Waals surface area (Å²) in [7, 11) is -7.34. The molecule has 0 aliphatic rings. The summed E-state index contributed by atoms with van der Waals surface area (Å²) >= 11 is 0. The SMILES string of the molecule is F[B-](F)(F)F.[Au].[Au].[Au].[O+].c1ccc(P(c2ccccc2)c2ccccc2)cc1.c1ccc(P(c2ccccc2)c2ccccc2)cc1.c1ccc(P(c2ccccc2)c2ccccc2)cc1. The number of halogens is 4. The molecule has 0 atom stereocenters. The Balaban J connectivity index is 0.000000314. The standard InChI is InChI=1S/3C18H15P.3Au.BF4.O/c3*1-4-10-16(11-5-1)19(17-12-6-2-7-13-17)18-14-8-3-9-15-18;;;;2-1(3,4)5;/h3*1-15H;;;;;/q;;;;;;-1;+1. The van der Waals surface area contributed by atoms with Gasteiger partial charge in [-0.1, -0.05) is 273 Å². The van der Waals surface area contributed by atoms with E-state index in [-0.39, 0.29) is 72.6 Å². The van der Waals surface area contributed by atoms with Crippen molar-refractivity contribution in [1.82, 2.24) is 0 Å². The van der Waals surface area contributed by atoms with Gasteiger partial charge in [-0.25, -0.2) is 0 Å². The van der Waals surface area contributed by atoms with Gasteiger partial charge in [-0.2, -0.15) is 0 Å². The van der Waals surface area contributed by atoms with E-state index in [1.165, 1.54) is 47.7 Å². The van der Waals surface area contributed by atoms with Gasteiger partial charge in [0.05, 0.1) is 0 Å². The molecule has 0 aliphatic carbocycles. The van der Waals surface area contributed by atoms with E-state index in [0.29, 0.717) is 0 Å². The molecule has 0 amide bonds. The fourth-order valence-corrected chi connectivity index (χ4v) is 13.5. The molecule has 9 aromatic carbocycles. The van der Waals surface area contributed by atoms with Crippen LogP contribution in [0.3, 0.4) is 0 Å². The van der Waals surface area contributed by atoms with Crippen LogP contribution < -0.4 is 47.7 Å². The second-order valence-corrected chi connectivity index (χ2v) is 20.2. The first-order valence-corrected chi connectivity index (χ1v) is 24.1. The van der Waals surface area contributed by atoms with Crippen LogP contribution in [0.2, 0.25) is 0 Å². The van der Waals surface area contributed by atoms with Crippen LogP contribution in [0, 0.1) is 0 Å². The Morgan fingerprint density at radius 2 is 0.273 bits per heavy atom. The van der Waals surface area contributed by atoms with Crippen molar-refractivity contribution in [3.05, 3.63) is 273 Å². The van der Waals surface area contributed by atoms with Gasteiger partial charge in [-0.05, 0) is 71.5 Å². The monoisotopic (exact) mass is 1480 g/mol. The van der Waals surface area contributed by atoms with E-state index in [2.05, 4.69) is 273 Å². The van der Waals surface area contributed by atoms with E-state index in [0.717, 1.165) is 0 Å². The van der Waals surface area contributed by atoms with E-state index in [9.17, 15) is 17.3 Å². The van der Waals surface area contributed by atoms with Crippen LogP contribution in [0.25, 0.3) is 0 Å². The Morgan fingerprint density at radius 1 is 0.197 bits per heavy atom. The van der Waals surface area contributed by atoms with Crippen LogP contribution in [-0.4, -0.2) is 7.25 Å². The van der Waals surface area contributed by atoms with Gasteiger partial charge in [0.1, 0.15) is 0 Å². The topological polar surface area (TPSA) is 28.5 Å². The maximum atomic E-state index is 9.75. The van der Waals surface area contributed by atoms with Crippen LogP contribution in [0.15, 0.2) is 273 Å². The van der Waals surface area contributed by atoms with Crippen LogP contribution in [0.4, 0.5) is 17.3 Å². The average Bonchev–Trinajstić information content (AvgIpc) is 3.32. The molecular weight excluding hydrogens is 1440 g/mol. The molecule has 346 valence electrons. The minimum atomic E-state index is -6.00. The Labute approximate surface area is 437 Å². The molecule has 0 saturated carbocycles. The van der Waals surface area contributed by atoms with Crippen molar-refractivity contribution in [2.24, 2.45) is 0 Å². The smallest absolute Gasteiger partial charge is 0.418 e. The zero-order valence-electron chi connectivity index (χ0n) is 35.2. The van der Waals surface area contributed by atoms with Crippen molar-refractivity contribution in [2.75, 3.05) is 0 Å². The third-order valence-corrected chi connectivity index (χ3v) is 16.5. The Bertz CT molecular complexity index is 2000. The fourth-order valence-electron chi connectivity index (χ4n) is 6.54. The number of rotatable bonds is 9. The molecule has 0 aromatic heterocycles. The minimum Gasteiger partial charge on any atom is -0.418 e. The van der Waals surface area contributed by atoms with E-state index >= 15 is 0 Å². The van der Waals surface area contributed by atoms with E-state index in [4.69, 9.17) is 0 Å². The molecule has 0 fully saturated rings. The maximum absolute atomic E-state index is 9.75. The molecule has 6 radical (unpaired) electrons. The zero-order valence-corrected chi connectivity index (χ0v) is 44.4. The van der Waals surface area contributed by atoms with Gasteiger partial charge in [0.15, 0.2) is 0 Å². The molecule has 66 heavy (non-hydrogen) atoms. The molecule has 0 spiro atoms. The van der Waals surface area contributed by atoms with Crippen LogP contribution >= 0.6 is 23.8 Å². The summed E-state index contributed by atoms with van der Waals surface area (Å²) in [5.41, 5.74) is 0. The molecule has 0 N–H and O–H groups in total. The van der Waals surface area contributed by atoms with E-state index in [1.54, 1.807) is 0 Å². The predicted octanol–water partition coefficient (Wildman–Crippen LogP) is 11.5. The quantitative estimate of drug-likeness (QED) is 0.0596. The fraction of sp³-hybridized carbons (Fsp3) is 0. The van der Waals surface area contributed by atoms with E-state index in [1.807, 2.05) is 0 Å².